The Morgan fingerprint density at radius 2 is 1.18 bits per heavy atom. The molecule has 2 heterocycles. The zero-order valence-corrected chi connectivity index (χ0v) is 24.5. The van der Waals surface area contributed by atoms with Gasteiger partial charge >= 0.3 is 0 Å². The van der Waals surface area contributed by atoms with Gasteiger partial charge in [0.25, 0.3) is 0 Å². The van der Waals surface area contributed by atoms with Gasteiger partial charge in [-0.25, -0.2) is 0 Å². The molecule has 44 heavy (non-hydrogen) atoms. The fourth-order valence-corrected chi connectivity index (χ4v) is 7.67. The van der Waals surface area contributed by atoms with Gasteiger partial charge in [-0.2, -0.15) is 0 Å². The van der Waals surface area contributed by atoms with Gasteiger partial charge in [0.15, 0.2) is 11.5 Å². The third-order valence-electron chi connectivity index (χ3n) is 8.41. The maximum absolute atomic E-state index is 6.65. The number of hydrogen-bond acceptors (Lipinski definition) is 4. The molecule has 0 saturated carbocycles. The number of hydrogen-bond donors (Lipinski definition) is 0. The molecule has 0 saturated heterocycles. The molecule has 0 fully saturated rings. The monoisotopic (exact) mass is 582 g/mol. The molecule has 0 spiro atoms. The smallest absolute Gasteiger partial charge is 0.153 e. The number of fused-ring (bicyclic) bond motifs is 6. The van der Waals surface area contributed by atoms with Crippen LogP contribution >= 0.6 is 11.3 Å². The molecule has 208 valence electrons. The summed E-state index contributed by atoms with van der Waals surface area (Å²) in [5.74, 6) is 1.66. The van der Waals surface area contributed by atoms with Crippen LogP contribution in [0.25, 0.3) is 30.9 Å². The van der Waals surface area contributed by atoms with E-state index in [1.54, 1.807) is 0 Å². The van der Waals surface area contributed by atoms with Gasteiger partial charge in [-0.15, -0.1) is 11.3 Å². The number of benzene rings is 7. The van der Waals surface area contributed by atoms with Crippen molar-refractivity contribution >= 4 is 76.4 Å². The summed E-state index contributed by atoms with van der Waals surface area (Å²) in [6, 6.07) is 55.9. The second kappa shape index (κ2) is 10.0. The molecular weight excluding hydrogens is 557 g/mol. The first-order valence-corrected chi connectivity index (χ1v) is 15.6. The first-order valence-electron chi connectivity index (χ1n) is 14.8. The molecule has 0 N–H and O–H groups in total. The molecule has 3 nitrogen and oxygen atoms in total. The maximum atomic E-state index is 6.65. The molecule has 0 unspecified atom stereocenters. The lowest BCUT2D eigenvalue weighted by Gasteiger charge is -2.34. The standard InChI is InChI=1S/C40H26N2OS/c1-2-14-28(15-3-1)41-34-19-7-8-22-37(34)43-38-26-29(24-25-35(38)41)42(33-20-10-13-27-12-4-5-16-30(27)33)36-21-11-18-32-31-17-6-9-23-39(31)44-40(32)36/h1-26H. The summed E-state index contributed by atoms with van der Waals surface area (Å²) >= 11 is 1.85. The van der Waals surface area contributed by atoms with Crippen LogP contribution in [0.1, 0.15) is 0 Å². The summed E-state index contributed by atoms with van der Waals surface area (Å²) in [4.78, 5) is 4.68. The van der Waals surface area contributed by atoms with Crippen LogP contribution in [0.5, 0.6) is 11.5 Å². The molecule has 0 atom stereocenters. The molecule has 4 heteroatoms. The Labute approximate surface area is 259 Å². The van der Waals surface area contributed by atoms with Crippen molar-refractivity contribution in [3.8, 4) is 11.5 Å². The Bertz CT molecular complexity index is 2340. The Kier molecular flexibility index (Phi) is 5.68. The van der Waals surface area contributed by atoms with Gasteiger partial charge in [-0.05, 0) is 60.0 Å². The minimum Gasteiger partial charge on any atom is -0.453 e. The lowest BCUT2D eigenvalue weighted by Crippen LogP contribution is -2.17. The van der Waals surface area contributed by atoms with Gasteiger partial charge in [0, 0.05) is 32.6 Å². The summed E-state index contributed by atoms with van der Waals surface area (Å²) in [5.41, 5.74) is 6.45. The molecule has 0 bridgehead atoms. The summed E-state index contributed by atoms with van der Waals surface area (Å²) in [7, 11) is 0. The summed E-state index contributed by atoms with van der Waals surface area (Å²) < 4.78 is 9.20. The Morgan fingerprint density at radius 3 is 2.11 bits per heavy atom. The predicted molar refractivity (Wildman–Crippen MR) is 186 cm³/mol. The highest BCUT2D eigenvalue weighted by atomic mass is 32.1. The largest absolute Gasteiger partial charge is 0.453 e. The number of thiophene rings is 1. The van der Waals surface area contributed by atoms with E-state index < -0.39 is 0 Å². The zero-order valence-electron chi connectivity index (χ0n) is 23.7. The lowest BCUT2D eigenvalue weighted by molar-refractivity contribution is 0.477. The zero-order chi connectivity index (χ0) is 29.0. The van der Waals surface area contributed by atoms with Crippen molar-refractivity contribution in [2.24, 2.45) is 0 Å². The molecule has 7 aromatic carbocycles. The lowest BCUT2D eigenvalue weighted by atomic mass is 10.0. The normalized spacial score (nSPS) is 12.2. The van der Waals surface area contributed by atoms with Crippen molar-refractivity contribution in [3.05, 3.63) is 158 Å². The van der Waals surface area contributed by atoms with E-state index in [2.05, 4.69) is 155 Å². The van der Waals surface area contributed by atoms with Crippen LogP contribution in [-0.2, 0) is 0 Å². The Hall–Kier alpha value is -5.58. The van der Waals surface area contributed by atoms with Gasteiger partial charge in [-0.1, -0.05) is 97.1 Å². The fourth-order valence-electron chi connectivity index (χ4n) is 6.46. The van der Waals surface area contributed by atoms with Gasteiger partial charge in [-0.3, -0.25) is 0 Å². The molecule has 1 aromatic heterocycles. The van der Waals surface area contributed by atoms with Crippen molar-refractivity contribution in [1.29, 1.82) is 0 Å². The molecular formula is C40H26N2OS. The second-order valence-corrected chi connectivity index (χ2v) is 12.0. The van der Waals surface area contributed by atoms with Crippen LogP contribution in [0.4, 0.5) is 34.1 Å². The second-order valence-electron chi connectivity index (χ2n) is 11.0. The number of para-hydroxylation sites is 3. The summed E-state index contributed by atoms with van der Waals surface area (Å²) in [6.07, 6.45) is 0. The average Bonchev–Trinajstić information content (AvgIpc) is 3.47. The van der Waals surface area contributed by atoms with Gasteiger partial charge in [0.05, 0.1) is 33.1 Å². The van der Waals surface area contributed by atoms with E-state index in [0.717, 1.165) is 45.6 Å². The first kappa shape index (κ1) is 25.0. The van der Waals surface area contributed by atoms with E-state index in [1.807, 2.05) is 23.5 Å². The minimum atomic E-state index is 0.818. The Morgan fingerprint density at radius 1 is 0.500 bits per heavy atom. The number of rotatable bonds is 4. The highest BCUT2D eigenvalue weighted by Gasteiger charge is 2.28. The highest BCUT2D eigenvalue weighted by Crippen LogP contribution is 2.53. The molecule has 1 aliphatic rings. The van der Waals surface area contributed by atoms with E-state index in [4.69, 9.17) is 4.74 Å². The SMILES string of the molecule is c1ccc(N2c3ccccc3Oc3cc(N(c4cccc5ccccc45)c4cccc5c4sc4ccccc45)ccc32)cc1. The van der Waals surface area contributed by atoms with Crippen molar-refractivity contribution < 1.29 is 4.74 Å². The van der Waals surface area contributed by atoms with Gasteiger partial charge in [0.1, 0.15) is 0 Å². The van der Waals surface area contributed by atoms with Crippen molar-refractivity contribution in [1.82, 2.24) is 0 Å². The molecule has 8 aromatic rings. The third kappa shape index (κ3) is 3.89. The predicted octanol–water partition coefficient (Wildman–Crippen LogP) is 12.3. The van der Waals surface area contributed by atoms with Crippen LogP contribution in [0.3, 0.4) is 0 Å². The molecule has 9 rings (SSSR count). The topological polar surface area (TPSA) is 15.7 Å². The summed E-state index contributed by atoms with van der Waals surface area (Å²) in [5, 5.41) is 4.96. The fraction of sp³-hybridized carbons (Fsp3) is 0. The van der Waals surface area contributed by atoms with Crippen molar-refractivity contribution in [2.45, 2.75) is 0 Å². The van der Waals surface area contributed by atoms with Crippen LogP contribution in [0.2, 0.25) is 0 Å². The van der Waals surface area contributed by atoms with E-state index in [9.17, 15) is 0 Å². The third-order valence-corrected chi connectivity index (χ3v) is 9.62. The highest BCUT2D eigenvalue weighted by molar-refractivity contribution is 7.26. The van der Waals surface area contributed by atoms with Crippen LogP contribution in [0.15, 0.2) is 158 Å². The van der Waals surface area contributed by atoms with E-state index >= 15 is 0 Å². The van der Waals surface area contributed by atoms with Crippen LogP contribution < -0.4 is 14.5 Å². The molecule has 0 amide bonds. The molecule has 1 aliphatic heterocycles. The maximum Gasteiger partial charge on any atom is 0.153 e. The van der Waals surface area contributed by atoms with Crippen molar-refractivity contribution in [2.75, 3.05) is 9.80 Å². The van der Waals surface area contributed by atoms with E-state index in [-0.39, 0.29) is 0 Å². The molecule has 0 radical (unpaired) electrons. The number of nitrogens with zero attached hydrogens (tertiary/aromatic N) is 2. The van der Waals surface area contributed by atoms with Crippen molar-refractivity contribution in [3.63, 3.8) is 0 Å². The van der Waals surface area contributed by atoms with Gasteiger partial charge in [0.2, 0.25) is 0 Å². The Balaban J connectivity index is 1.30. The van der Waals surface area contributed by atoms with Crippen LogP contribution in [0, 0.1) is 0 Å². The average molecular weight is 583 g/mol. The summed E-state index contributed by atoms with van der Waals surface area (Å²) in [6.45, 7) is 0. The van der Waals surface area contributed by atoms with Gasteiger partial charge < -0.3 is 14.5 Å². The molecule has 0 aliphatic carbocycles. The quantitative estimate of drug-likeness (QED) is 0.205. The number of anilines is 6. The van der Waals surface area contributed by atoms with E-state index in [1.165, 1.54) is 30.9 Å². The van der Waals surface area contributed by atoms with Crippen LogP contribution in [-0.4, -0.2) is 0 Å². The minimum absolute atomic E-state index is 0.818. The number of ether oxygens (including phenoxy) is 1. The first-order chi connectivity index (χ1) is 21.8. The van der Waals surface area contributed by atoms with E-state index in [0.29, 0.717) is 0 Å².